The monoisotopic (exact) mass is 291 g/mol. The molecule has 5 nitrogen and oxygen atoms in total. The predicted molar refractivity (Wildman–Crippen MR) is 79.6 cm³/mol. The number of rotatable bonds is 5. The molecule has 1 aromatic rings. The number of benzene rings is 1. The summed E-state index contributed by atoms with van der Waals surface area (Å²) in [5.74, 6) is -1.02. The maximum Gasteiger partial charge on any atom is 0.335 e. The number of carboxylic acids is 1. The molecule has 1 aliphatic rings. The third kappa shape index (κ3) is 4.56. The molecule has 0 aliphatic carbocycles. The number of hydrogen-bond donors (Lipinski definition) is 2. The van der Waals surface area contributed by atoms with Gasteiger partial charge in [0.2, 0.25) is 5.91 Å². The van der Waals surface area contributed by atoms with Crippen molar-refractivity contribution in [3.63, 3.8) is 0 Å². The molecule has 1 fully saturated rings. The summed E-state index contributed by atoms with van der Waals surface area (Å²) in [7, 11) is 0. The average molecular weight is 291 g/mol. The van der Waals surface area contributed by atoms with E-state index in [0.717, 1.165) is 25.9 Å². The molecule has 0 bridgehead atoms. The highest BCUT2D eigenvalue weighted by Crippen LogP contribution is 2.18. The van der Waals surface area contributed by atoms with E-state index in [4.69, 9.17) is 9.84 Å². The lowest BCUT2D eigenvalue weighted by Gasteiger charge is -2.22. The van der Waals surface area contributed by atoms with Crippen molar-refractivity contribution in [1.82, 2.24) is 0 Å². The van der Waals surface area contributed by atoms with Crippen LogP contribution >= 0.6 is 0 Å². The highest BCUT2D eigenvalue weighted by molar-refractivity contribution is 5.93. The number of aromatic carboxylic acids is 1. The van der Waals surface area contributed by atoms with Crippen molar-refractivity contribution >= 4 is 17.6 Å². The number of ether oxygens (including phenoxy) is 1. The van der Waals surface area contributed by atoms with E-state index in [-0.39, 0.29) is 17.6 Å². The summed E-state index contributed by atoms with van der Waals surface area (Å²) in [6.07, 6.45) is 4.66. The topological polar surface area (TPSA) is 75.6 Å². The Bertz CT molecular complexity index is 521. The van der Waals surface area contributed by atoms with Crippen LogP contribution in [-0.4, -0.2) is 29.7 Å². The van der Waals surface area contributed by atoms with Gasteiger partial charge in [-0.2, -0.15) is 0 Å². The van der Waals surface area contributed by atoms with Gasteiger partial charge in [0.05, 0.1) is 11.7 Å². The molecule has 5 heteroatoms. The number of carbonyl (C=O) groups is 2. The summed E-state index contributed by atoms with van der Waals surface area (Å²) in [6, 6.07) is 4.81. The molecule has 21 heavy (non-hydrogen) atoms. The Morgan fingerprint density at radius 1 is 1.38 bits per heavy atom. The summed E-state index contributed by atoms with van der Waals surface area (Å²) < 4.78 is 5.59. The molecule has 1 heterocycles. The van der Waals surface area contributed by atoms with Crippen molar-refractivity contribution in [2.75, 3.05) is 11.9 Å². The minimum atomic E-state index is -0.958. The highest BCUT2D eigenvalue weighted by atomic mass is 16.5. The van der Waals surface area contributed by atoms with E-state index < -0.39 is 5.97 Å². The zero-order valence-electron chi connectivity index (χ0n) is 12.2. The Hall–Kier alpha value is -1.88. The van der Waals surface area contributed by atoms with Crippen LogP contribution in [0.15, 0.2) is 18.2 Å². The first-order chi connectivity index (χ1) is 10.1. The molecular formula is C16H21NO4. The zero-order valence-corrected chi connectivity index (χ0v) is 12.2. The van der Waals surface area contributed by atoms with E-state index >= 15 is 0 Å². The van der Waals surface area contributed by atoms with Gasteiger partial charge in [-0.1, -0.05) is 0 Å². The van der Waals surface area contributed by atoms with Gasteiger partial charge >= 0.3 is 5.97 Å². The van der Waals surface area contributed by atoms with E-state index in [1.807, 2.05) is 0 Å². The van der Waals surface area contributed by atoms with Crippen molar-refractivity contribution < 1.29 is 19.4 Å². The number of anilines is 1. The van der Waals surface area contributed by atoms with Gasteiger partial charge in [-0.15, -0.1) is 0 Å². The first-order valence-electron chi connectivity index (χ1n) is 7.31. The van der Waals surface area contributed by atoms with Crippen LogP contribution in [0.2, 0.25) is 0 Å². The quantitative estimate of drug-likeness (QED) is 0.874. The van der Waals surface area contributed by atoms with Gasteiger partial charge in [0.25, 0.3) is 0 Å². The molecule has 1 aromatic carbocycles. The summed E-state index contributed by atoms with van der Waals surface area (Å²) in [5, 5.41) is 11.8. The van der Waals surface area contributed by atoms with E-state index in [1.54, 1.807) is 19.1 Å². The number of amides is 1. The minimum Gasteiger partial charge on any atom is -0.478 e. The maximum absolute atomic E-state index is 11.9. The fourth-order valence-corrected chi connectivity index (χ4v) is 2.53. The fraction of sp³-hybridized carbons (Fsp3) is 0.500. The molecule has 2 rings (SSSR count). The first-order valence-corrected chi connectivity index (χ1v) is 7.31. The predicted octanol–water partition coefficient (Wildman–Crippen LogP) is 2.98. The molecule has 0 radical (unpaired) electrons. The van der Waals surface area contributed by atoms with Crippen LogP contribution in [0.3, 0.4) is 0 Å². The second kappa shape index (κ2) is 7.22. The molecule has 1 saturated heterocycles. The third-order valence-electron chi connectivity index (χ3n) is 3.71. The van der Waals surface area contributed by atoms with Crippen LogP contribution in [0, 0.1) is 6.92 Å². The van der Waals surface area contributed by atoms with Crippen LogP contribution in [0.25, 0.3) is 0 Å². The van der Waals surface area contributed by atoms with Gasteiger partial charge in [-0.3, -0.25) is 4.79 Å². The smallest absolute Gasteiger partial charge is 0.335 e. The second-order valence-electron chi connectivity index (χ2n) is 5.41. The SMILES string of the molecule is Cc1cc(NC(=O)CCC2CCCCO2)ccc1C(=O)O. The number of aryl methyl sites for hydroxylation is 1. The maximum atomic E-state index is 11.9. The summed E-state index contributed by atoms with van der Waals surface area (Å²) in [6.45, 7) is 2.51. The second-order valence-corrected chi connectivity index (χ2v) is 5.41. The Morgan fingerprint density at radius 2 is 2.19 bits per heavy atom. The van der Waals surface area contributed by atoms with Gasteiger partial charge in [-0.05, 0) is 56.4 Å². The average Bonchev–Trinajstić information content (AvgIpc) is 2.46. The van der Waals surface area contributed by atoms with Crippen molar-refractivity contribution in [3.8, 4) is 0 Å². The molecule has 1 atom stereocenters. The number of nitrogens with one attached hydrogen (secondary N) is 1. The highest BCUT2D eigenvalue weighted by Gasteiger charge is 2.15. The molecule has 1 aliphatic heterocycles. The lowest BCUT2D eigenvalue weighted by atomic mass is 10.0. The lowest BCUT2D eigenvalue weighted by molar-refractivity contribution is -0.117. The molecule has 0 aromatic heterocycles. The van der Waals surface area contributed by atoms with Gasteiger partial charge in [0.1, 0.15) is 0 Å². The number of carbonyl (C=O) groups excluding carboxylic acids is 1. The van der Waals surface area contributed by atoms with Gasteiger partial charge in [0, 0.05) is 18.7 Å². The molecular weight excluding hydrogens is 270 g/mol. The van der Waals surface area contributed by atoms with E-state index in [9.17, 15) is 9.59 Å². The number of hydrogen-bond acceptors (Lipinski definition) is 3. The molecule has 1 unspecified atom stereocenters. The summed E-state index contributed by atoms with van der Waals surface area (Å²) >= 11 is 0. The third-order valence-corrected chi connectivity index (χ3v) is 3.71. The van der Waals surface area contributed by atoms with Crippen LogP contribution in [0.1, 0.15) is 48.0 Å². The zero-order chi connectivity index (χ0) is 15.2. The van der Waals surface area contributed by atoms with E-state index in [1.165, 1.54) is 12.5 Å². The lowest BCUT2D eigenvalue weighted by Crippen LogP contribution is -2.21. The van der Waals surface area contributed by atoms with Crippen LogP contribution in [0.5, 0.6) is 0 Å². The molecule has 0 spiro atoms. The Labute approximate surface area is 124 Å². The fourth-order valence-electron chi connectivity index (χ4n) is 2.53. The largest absolute Gasteiger partial charge is 0.478 e. The van der Waals surface area contributed by atoms with Crippen molar-refractivity contribution in [1.29, 1.82) is 0 Å². The Morgan fingerprint density at radius 3 is 2.81 bits per heavy atom. The standard InChI is InChI=1S/C16H21NO4/c1-11-10-12(5-7-14(11)16(19)20)17-15(18)8-6-13-4-2-3-9-21-13/h5,7,10,13H,2-4,6,8-9H2,1H3,(H,17,18)(H,19,20). The molecule has 1 amide bonds. The van der Waals surface area contributed by atoms with Crippen molar-refractivity contribution in [2.45, 2.75) is 45.1 Å². The number of carboxylic acid groups (broad SMARTS) is 1. The van der Waals surface area contributed by atoms with Crippen molar-refractivity contribution in [3.05, 3.63) is 29.3 Å². The van der Waals surface area contributed by atoms with Gasteiger partial charge in [-0.25, -0.2) is 4.79 Å². The molecule has 2 N–H and O–H groups in total. The van der Waals surface area contributed by atoms with E-state index in [2.05, 4.69) is 5.32 Å². The van der Waals surface area contributed by atoms with Crippen LogP contribution in [-0.2, 0) is 9.53 Å². The molecule has 0 saturated carbocycles. The Balaban J connectivity index is 1.84. The normalized spacial score (nSPS) is 18.2. The van der Waals surface area contributed by atoms with Gasteiger partial charge in [0.15, 0.2) is 0 Å². The molecule has 114 valence electrons. The summed E-state index contributed by atoms with van der Waals surface area (Å²) in [5.41, 5.74) is 1.52. The van der Waals surface area contributed by atoms with Gasteiger partial charge < -0.3 is 15.2 Å². The first kappa shape index (κ1) is 15.5. The minimum absolute atomic E-state index is 0.0633. The summed E-state index contributed by atoms with van der Waals surface area (Å²) in [4.78, 5) is 22.8. The van der Waals surface area contributed by atoms with Crippen LogP contribution in [0.4, 0.5) is 5.69 Å². The van der Waals surface area contributed by atoms with Crippen molar-refractivity contribution in [2.24, 2.45) is 0 Å². The van der Waals surface area contributed by atoms with E-state index in [0.29, 0.717) is 17.7 Å². The Kier molecular flexibility index (Phi) is 5.33. The van der Waals surface area contributed by atoms with Crippen LogP contribution < -0.4 is 5.32 Å².